The Morgan fingerprint density at radius 3 is 1.04 bits per heavy atom. The minimum absolute atomic E-state index is 0.233. The Kier molecular flexibility index (Phi) is 58.8. The molecule has 3 heterocycles. The quantitative estimate of drug-likeness (QED) is 0.0199. The fourth-order valence-electron chi connectivity index (χ4n) is 13.8. The van der Waals surface area contributed by atoms with Crippen molar-refractivity contribution in [1.82, 2.24) is 5.32 Å². The molecule has 3 fully saturated rings. The lowest BCUT2D eigenvalue weighted by molar-refractivity contribution is -0.379. The number of rotatable bonds is 66. The first-order valence-corrected chi connectivity index (χ1v) is 41.7. The van der Waals surface area contributed by atoms with E-state index in [4.69, 9.17) is 28.4 Å². The average Bonchev–Trinajstić information content (AvgIpc) is 0.782. The van der Waals surface area contributed by atoms with Gasteiger partial charge in [-0.3, -0.25) is 4.79 Å². The largest absolute Gasteiger partial charge is 0.394 e. The van der Waals surface area contributed by atoms with Crippen LogP contribution in [0.5, 0.6) is 0 Å². The maximum absolute atomic E-state index is 13.5. The summed E-state index contributed by atoms with van der Waals surface area (Å²) in [6.45, 7) is 1.71. The van der Waals surface area contributed by atoms with Crippen LogP contribution in [0.4, 0.5) is 0 Å². The highest BCUT2D eigenvalue weighted by Crippen LogP contribution is 2.33. The molecule has 3 rings (SSSR count). The Hall–Kier alpha value is -2.77. The first-order valence-electron chi connectivity index (χ1n) is 41.7. The highest BCUT2D eigenvalue weighted by atomic mass is 16.8. The smallest absolute Gasteiger partial charge is 0.220 e. The third-order valence-electron chi connectivity index (χ3n) is 20.5. The summed E-state index contributed by atoms with van der Waals surface area (Å²) < 4.78 is 34.4. The zero-order valence-electron chi connectivity index (χ0n) is 64.3. The molecule has 3 aliphatic rings. The minimum Gasteiger partial charge on any atom is -0.394 e. The topological polar surface area (TPSA) is 307 Å². The van der Waals surface area contributed by atoms with Crippen molar-refractivity contribution in [3.8, 4) is 0 Å². The van der Waals surface area contributed by atoms with Crippen LogP contribution in [0.25, 0.3) is 0 Å². The number of hydrogen-bond acceptors (Lipinski definition) is 18. The van der Waals surface area contributed by atoms with Crippen LogP contribution in [-0.2, 0) is 33.2 Å². The van der Waals surface area contributed by atoms with E-state index >= 15 is 0 Å². The number of hydrogen-bond donors (Lipinski definition) is 12. The van der Waals surface area contributed by atoms with Gasteiger partial charge in [0.15, 0.2) is 18.9 Å². The van der Waals surface area contributed by atoms with E-state index in [0.29, 0.717) is 12.8 Å². The fourth-order valence-corrected chi connectivity index (χ4v) is 13.8. The highest BCUT2D eigenvalue weighted by molar-refractivity contribution is 5.76. The molecular formula is C84H151NO18. The molecule has 0 aromatic carbocycles. The summed E-state index contributed by atoms with van der Waals surface area (Å²) >= 11 is 0. The molecule has 0 aromatic heterocycles. The van der Waals surface area contributed by atoms with Crippen molar-refractivity contribution < 1.29 is 89.4 Å². The predicted molar refractivity (Wildman–Crippen MR) is 411 cm³/mol. The molecule has 0 aromatic rings. The van der Waals surface area contributed by atoms with E-state index in [1.54, 1.807) is 6.08 Å². The molecule has 0 bridgehead atoms. The summed E-state index contributed by atoms with van der Waals surface area (Å²) in [4.78, 5) is 13.5. The number of amides is 1. The molecule has 1 amide bonds. The van der Waals surface area contributed by atoms with Crippen molar-refractivity contribution in [2.75, 3.05) is 26.4 Å². The molecule has 19 nitrogen and oxygen atoms in total. The summed E-state index contributed by atoms with van der Waals surface area (Å²) in [5.41, 5.74) is 0. The van der Waals surface area contributed by atoms with Crippen LogP contribution in [0.3, 0.4) is 0 Å². The number of allylic oxidation sites excluding steroid dienone is 11. The SMILES string of the molecule is CCCCCCC/C=C\C/C=C\C/C=C\CCCCCCCCCCCCCCCCCCCCCCCCCCCCC(=O)NC(COC1OC(CO)C(OC2OC(CO)C(OC3OC(CO)C(O)C(O)C3O)C(O)C2O)C(O)C1O)C(O)/C=C/CC/C=C/CC/C=C/CCCCCCCCC. The molecule has 19 heteroatoms. The molecule has 0 aliphatic carbocycles. The van der Waals surface area contributed by atoms with E-state index in [0.717, 1.165) is 57.8 Å². The van der Waals surface area contributed by atoms with Gasteiger partial charge in [-0.25, -0.2) is 0 Å². The Balaban J connectivity index is 1.29. The van der Waals surface area contributed by atoms with Gasteiger partial charge in [0.2, 0.25) is 5.91 Å². The van der Waals surface area contributed by atoms with E-state index in [-0.39, 0.29) is 18.9 Å². The van der Waals surface area contributed by atoms with Gasteiger partial charge in [-0.05, 0) is 83.5 Å². The van der Waals surface area contributed by atoms with Crippen molar-refractivity contribution >= 4 is 5.91 Å². The third kappa shape index (κ3) is 43.9. The van der Waals surface area contributed by atoms with Gasteiger partial charge in [-0.15, -0.1) is 0 Å². The van der Waals surface area contributed by atoms with Gasteiger partial charge in [-0.2, -0.15) is 0 Å². The van der Waals surface area contributed by atoms with E-state index < -0.39 is 124 Å². The second-order valence-corrected chi connectivity index (χ2v) is 29.6. The van der Waals surface area contributed by atoms with Crippen LogP contribution in [0.1, 0.15) is 322 Å². The van der Waals surface area contributed by atoms with Crippen molar-refractivity contribution in [2.45, 2.75) is 426 Å². The predicted octanol–water partition coefficient (Wildman–Crippen LogP) is 14.4. The Bertz CT molecular complexity index is 2140. The summed E-state index contributed by atoms with van der Waals surface area (Å²) in [6, 6.07) is -0.998. The molecule has 17 atom stereocenters. The van der Waals surface area contributed by atoms with Crippen LogP contribution in [0.15, 0.2) is 72.9 Å². The molecule has 3 aliphatic heterocycles. The molecule has 12 N–H and O–H groups in total. The molecule has 0 spiro atoms. The number of ether oxygens (including phenoxy) is 6. The summed E-state index contributed by atoms with van der Waals surface area (Å²) in [6.07, 6.45) is 57.8. The summed E-state index contributed by atoms with van der Waals surface area (Å²) in [5.74, 6) is -0.286. The monoisotopic (exact) mass is 1460 g/mol. The molecule has 0 radical (unpaired) electrons. The van der Waals surface area contributed by atoms with Crippen LogP contribution < -0.4 is 5.32 Å². The van der Waals surface area contributed by atoms with Gasteiger partial charge in [-0.1, -0.05) is 305 Å². The van der Waals surface area contributed by atoms with Gasteiger partial charge in [0.25, 0.3) is 0 Å². The zero-order valence-corrected chi connectivity index (χ0v) is 64.3. The molecular weight excluding hydrogens is 1310 g/mol. The van der Waals surface area contributed by atoms with E-state index in [9.17, 15) is 61.0 Å². The lowest BCUT2D eigenvalue weighted by Gasteiger charge is -2.48. The van der Waals surface area contributed by atoms with E-state index in [1.807, 2.05) is 6.08 Å². The standard InChI is InChI=1S/C84H151NO18/c1-3-5-7-9-11-13-15-17-19-21-22-23-24-25-26-27-28-29-30-31-32-33-34-35-36-37-38-39-40-41-42-43-44-46-48-50-52-54-56-58-60-62-72(90)85-67(68(89)61-59-57-55-53-51-49-47-45-20-18-16-14-12-10-8-6-4-2)66-98-82-78(96)75(93)80(70(64-87)100-82)103-84-79(97)76(94)81(71(65-88)101-84)102-83-77(95)74(92)73(91)69(63-86)99-83/h15,17,20-22,24-25,45,51,53,59,61,67-71,73-84,86-89,91-97H,3-14,16,18-19,23,26-44,46-50,52,54-58,60,62-66H2,1-2H3,(H,85,90)/b17-15-,22-21-,25-24-,45-20+,53-51+,61-59+. The summed E-state index contributed by atoms with van der Waals surface area (Å²) in [7, 11) is 0. The Labute approximate surface area is 623 Å². The second-order valence-electron chi connectivity index (χ2n) is 29.6. The first-order chi connectivity index (χ1) is 50.3. The minimum atomic E-state index is -1.98. The molecule has 3 saturated heterocycles. The lowest BCUT2D eigenvalue weighted by Crippen LogP contribution is -2.66. The van der Waals surface area contributed by atoms with Crippen LogP contribution in [-0.4, -0.2) is 193 Å². The number of aliphatic hydroxyl groups is 11. The van der Waals surface area contributed by atoms with E-state index in [2.05, 4.69) is 79.9 Å². The Morgan fingerprint density at radius 2 is 0.650 bits per heavy atom. The van der Waals surface area contributed by atoms with Gasteiger partial charge in [0, 0.05) is 6.42 Å². The number of aliphatic hydroxyl groups excluding tert-OH is 11. The molecule has 600 valence electrons. The van der Waals surface area contributed by atoms with Gasteiger partial charge in [0.05, 0.1) is 38.6 Å². The number of unbranched alkanes of at least 4 members (excludes halogenated alkanes) is 40. The van der Waals surface area contributed by atoms with Crippen LogP contribution >= 0.6 is 0 Å². The molecule has 17 unspecified atom stereocenters. The second kappa shape index (κ2) is 64.1. The maximum atomic E-state index is 13.5. The third-order valence-corrected chi connectivity index (χ3v) is 20.5. The van der Waals surface area contributed by atoms with Gasteiger partial charge < -0.3 is 89.9 Å². The van der Waals surface area contributed by atoms with Crippen LogP contribution in [0, 0.1) is 0 Å². The normalized spacial score (nSPS) is 26.4. The Morgan fingerprint density at radius 1 is 0.350 bits per heavy atom. The number of nitrogens with one attached hydrogen (secondary N) is 1. The van der Waals surface area contributed by atoms with Crippen molar-refractivity contribution in [3.05, 3.63) is 72.9 Å². The van der Waals surface area contributed by atoms with Crippen molar-refractivity contribution in [2.24, 2.45) is 0 Å². The van der Waals surface area contributed by atoms with Gasteiger partial charge >= 0.3 is 0 Å². The van der Waals surface area contributed by atoms with Gasteiger partial charge in [0.1, 0.15) is 73.2 Å². The number of carbonyl (C=O) groups excluding carboxylic acids is 1. The maximum Gasteiger partial charge on any atom is 0.220 e. The van der Waals surface area contributed by atoms with Crippen LogP contribution in [0.2, 0.25) is 0 Å². The van der Waals surface area contributed by atoms with Crippen molar-refractivity contribution in [1.29, 1.82) is 0 Å². The zero-order chi connectivity index (χ0) is 74.6. The molecule has 103 heavy (non-hydrogen) atoms. The van der Waals surface area contributed by atoms with Crippen molar-refractivity contribution in [3.63, 3.8) is 0 Å². The summed E-state index contributed by atoms with van der Waals surface area (Å²) in [5, 5.41) is 121. The lowest BCUT2D eigenvalue weighted by atomic mass is 9.96. The number of carbonyl (C=O) groups is 1. The fraction of sp³-hybridized carbons (Fsp3) is 0.845. The van der Waals surface area contributed by atoms with E-state index in [1.165, 1.54) is 231 Å². The molecule has 0 saturated carbocycles. The highest BCUT2D eigenvalue weighted by Gasteiger charge is 2.54. The first kappa shape index (κ1) is 94.4. The average molecular weight is 1460 g/mol.